The summed E-state index contributed by atoms with van der Waals surface area (Å²) >= 11 is 0. The number of primary amides is 1. The van der Waals surface area contributed by atoms with Crippen LogP contribution >= 0.6 is 0 Å². The number of benzene rings is 1. The van der Waals surface area contributed by atoms with Crippen LogP contribution in [0.2, 0.25) is 0 Å². The van der Waals surface area contributed by atoms with Gasteiger partial charge >= 0.3 is 0 Å². The molecule has 1 rings (SSSR count). The van der Waals surface area contributed by atoms with E-state index < -0.39 is 11.9 Å². The van der Waals surface area contributed by atoms with Crippen molar-refractivity contribution in [1.29, 1.82) is 0 Å². The minimum absolute atomic E-state index is 0.431. The second kappa shape index (κ2) is 4.79. The lowest BCUT2D eigenvalue weighted by Gasteiger charge is -2.23. The van der Waals surface area contributed by atoms with Gasteiger partial charge in [0.25, 0.3) is 0 Å². The Kier molecular flexibility index (Phi) is 3.68. The van der Waals surface area contributed by atoms with Crippen LogP contribution in [0.3, 0.4) is 0 Å². The topological polar surface area (TPSA) is 72.3 Å². The minimum Gasteiger partial charge on any atom is -0.372 e. The molecule has 0 spiro atoms. The van der Waals surface area contributed by atoms with Crippen LogP contribution in [0.5, 0.6) is 0 Å². The number of anilines is 1. The second-order valence-corrected chi connectivity index (χ2v) is 3.68. The lowest BCUT2D eigenvalue weighted by molar-refractivity contribution is -0.119. The van der Waals surface area contributed by atoms with E-state index in [-0.39, 0.29) is 0 Å². The average molecular weight is 207 g/mol. The summed E-state index contributed by atoms with van der Waals surface area (Å²) in [5.74, 6) is -0.476. The van der Waals surface area contributed by atoms with Gasteiger partial charge in [-0.05, 0) is 18.6 Å². The van der Waals surface area contributed by atoms with Gasteiger partial charge in [0.15, 0.2) is 0 Å². The zero-order valence-electron chi connectivity index (χ0n) is 9.10. The Balaban J connectivity index is 2.73. The van der Waals surface area contributed by atoms with Crippen LogP contribution in [0, 0.1) is 6.92 Å². The molecule has 4 nitrogen and oxygen atoms in total. The first-order chi connectivity index (χ1) is 7.02. The number of hydrogen-bond acceptors (Lipinski definition) is 3. The smallest absolute Gasteiger partial charge is 0.236 e. The highest BCUT2D eigenvalue weighted by Crippen LogP contribution is 2.17. The second-order valence-electron chi connectivity index (χ2n) is 3.68. The van der Waals surface area contributed by atoms with Crippen molar-refractivity contribution < 1.29 is 4.79 Å². The third-order valence-corrected chi connectivity index (χ3v) is 2.36. The molecule has 0 radical (unpaired) electrons. The predicted molar refractivity (Wildman–Crippen MR) is 61.6 cm³/mol. The highest BCUT2D eigenvalue weighted by Gasteiger charge is 2.13. The summed E-state index contributed by atoms with van der Waals surface area (Å²) in [7, 11) is 1.89. The molecule has 1 unspecified atom stereocenters. The highest BCUT2D eigenvalue weighted by molar-refractivity contribution is 5.80. The van der Waals surface area contributed by atoms with Crippen LogP contribution in [-0.2, 0) is 4.79 Å². The summed E-state index contributed by atoms with van der Waals surface area (Å²) in [6.45, 7) is 2.45. The normalized spacial score (nSPS) is 12.2. The van der Waals surface area contributed by atoms with Crippen molar-refractivity contribution in [3.8, 4) is 0 Å². The number of rotatable bonds is 4. The number of hydrogen-bond donors (Lipinski definition) is 2. The molecule has 0 bridgehead atoms. The molecule has 1 atom stereocenters. The molecule has 0 saturated carbocycles. The maximum Gasteiger partial charge on any atom is 0.236 e. The van der Waals surface area contributed by atoms with Gasteiger partial charge in [-0.2, -0.15) is 0 Å². The molecule has 0 heterocycles. The van der Waals surface area contributed by atoms with E-state index in [1.54, 1.807) is 0 Å². The number of nitrogens with zero attached hydrogens (tertiary/aromatic N) is 1. The molecule has 0 saturated heterocycles. The van der Waals surface area contributed by atoms with E-state index in [0.717, 1.165) is 11.3 Å². The molecule has 1 amide bonds. The van der Waals surface area contributed by atoms with Crippen molar-refractivity contribution in [1.82, 2.24) is 0 Å². The lowest BCUT2D eigenvalue weighted by atomic mass is 10.1. The number of carbonyl (C=O) groups excluding carboxylic acids is 1. The van der Waals surface area contributed by atoms with Crippen molar-refractivity contribution in [2.45, 2.75) is 13.0 Å². The van der Waals surface area contributed by atoms with E-state index in [9.17, 15) is 4.79 Å². The van der Waals surface area contributed by atoms with Gasteiger partial charge in [-0.25, -0.2) is 0 Å². The summed E-state index contributed by atoms with van der Waals surface area (Å²) in [6, 6.07) is 7.30. The molecule has 4 heteroatoms. The van der Waals surface area contributed by atoms with Crippen LogP contribution in [-0.4, -0.2) is 25.5 Å². The first-order valence-electron chi connectivity index (χ1n) is 4.84. The molecular formula is C11H17N3O. The standard InChI is InChI=1S/C11H17N3O/c1-8-5-3-4-6-10(8)14(2)7-9(12)11(13)15/h3-6,9H,7,12H2,1-2H3,(H2,13,15). The lowest BCUT2D eigenvalue weighted by Crippen LogP contribution is -2.45. The molecule has 1 aromatic carbocycles. The fraction of sp³-hybridized carbons (Fsp3) is 0.364. The SMILES string of the molecule is Cc1ccccc1N(C)CC(N)C(N)=O. The number of carbonyl (C=O) groups is 1. The summed E-state index contributed by atoms with van der Waals surface area (Å²) < 4.78 is 0. The van der Waals surface area contributed by atoms with Gasteiger partial charge < -0.3 is 16.4 Å². The fourth-order valence-corrected chi connectivity index (χ4v) is 1.48. The van der Waals surface area contributed by atoms with E-state index >= 15 is 0 Å². The molecule has 0 fully saturated rings. The molecule has 0 aliphatic heterocycles. The number of amides is 1. The molecule has 0 aliphatic rings. The Morgan fingerprint density at radius 1 is 1.47 bits per heavy atom. The molecule has 82 valence electrons. The first kappa shape index (κ1) is 11.5. The van der Waals surface area contributed by atoms with E-state index in [0.29, 0.717) is 6.54 Å². The Morgan fingerprint density at radius 3 is 2.60 bits per heavy atom. The molecule has 1 aromatic rings. The summed E-state index contributed by atoms with van der Waals surface area (Å²) in [5, 5.41) is 0. The number of nitrogens with two attached hydrogens (primary N) is 2. The van der Waals surface area contributed by atoms with Gasteiger partial charge in [0, 0.05) is 19.3 Å². The monoisotopic (exact) mass is 207 g/mol. The Labute approximate surface area is 89.9 Å². The molecule has 4 N–H and O–H groups in total. The molecule has 0 aromatic heterocycles. The van der Waals surface area contributed by atoms with Gasteiger partial charge in [-0.3, -0.25) is 4.79 Å². The first-order valence-corrected chi connectivity index (χ1v) is 4.84. The molecule has 0 aliphatic carbocycles. The zero-order chi connectivity index (χ0) is 11.4. The predicted octanol–water partition coefficient (Wildman–Crippen LogP) is 0.244. The van der Waals surface area contributed by atoms with Crippen molar-refractivity contribution in [3.05, 3.63) is 29.8 Å². The van der Waals surface area contributed by atoms with Crippen molar-refractivity contribution >= 4 is 11.6 Å². The summed E-state index contributed by atoms with van der Waals surface area (Å²) in [4.78, 5) is 12.8. The van der Waals surface area contributed by atoms with Crippen molar-refractivity contribution in [2.75, 3.05) is 18.5 Å². The van der Waals surface area contributed by atoms with E-state index in [1.807, 2.05) is 43.1 Å². The van der Waals surface area contributed by atoms with Crippen LogP contribution in [0.1, 0.15) is 5.56 Å². The third-order valence-electron chi connectivity index (χ3n) is 2.36. The van der Waals surface area contributed by atoms with Gasteiger partial charge in [0.1, 0.15) is 6.04 Å². The van der Waals surface area contributed by atoms with Crippen LogP contribution < -0.4 is 16.4 Å². The van der Waals surface area contributed by atoms with Crippen LogP contribution in [0.25, 0.3) is 0 Å². The average Bonchev–Trinajstić information content (AvgIpc) is 2.18. The third kappa shape index (κ3) is 2.95. The number of aryl methyl sites for hydroxylation is 1. The van der Waals surface area contributed by atoms with Crippen LogP contribution in [0.4, 0.5) is 5.69 Å². The van der Waals surface area contributed by atoms with E-state index in [4.69, 9.17) is 11.5 Å². The van der Waals surface area contributed by atoms with E-state index in [1.165, 1.54) is 0 Å². The van der Waals surface area contributed by atoms with Gasteiger partial charge in [-0.1, -0.05) is 18.2 Å². The Morgan fingerprint density at radius 2 is 2.07 bits per heavy atom. The minimum atomic E-state index is -0.630. The Hall–Kier alpha value is -1.55. The van der Waals surface area contributed by atoms with E-state index in [2.05, 4.69) is 0 Å². The maximum absolute atomic E-state index is 10.8. The van der Waals surface area contributed by atoms with Crippen LogP contribution in [0.15, 0.2) is 24.3 Å². The molecule has 15 heavy (non-hydrogen) atoms. The van der Waals surface area contributed by atoms with Crippen molar-refractivity contribution in [3.63, 3.8) is 0 Å². The highest BCUT2D eigenvalue weighted by atomic mass is 16.1. The quantitative estimate of drug-likeness (QED) is 0.743. The largest absolute Gasteiger partial charge is 0.372 e. The Bertz CT molecular complexity index is 351. The summed E-state index contributed by atoms with van der Waals surface area (Å²) in [5.41, 5.74) is 12.9. The maximum atomic E-state index is 10.8. The van der Waals surface area contributed by atoms with Gasteiger partial charge in [0.2, 0.25) is 5.91 Å². The summed E-state index contributed by atoms with van der Waals surface area (Å²) in [6.07, 6.45) is 0. The van der Waals surface area contributed by atoms with Gasteiger partial charge in [0.05, 0.1) is 0 Å². The van der Waals surface area contributed by atoms with Gasteiger partial charge in [-0.15, -0.1) is 0 Å². The molecular weight excluding hydrogens is 190 g/mol. The number of para-hydroxylation sites is 1. The number of likely N-dealkylation sites (N-methyl/N-ethyl adjacent to an activating group) is 1. The zero-order valence-corrected chi connectivity index (χ0v) is 9.10. The fourth-order valence-electron chi connectivity index (χ4n) is 1.48. The van der Waals surface area contributed by atoms with Crippen molar-refractivity contribution in [2.24, 2.45) is 11.5 Å².